The zero-order valence-corrected chi connectivity index (χ0v) is 13.4. The Kier molecular flexibility index (Phi) is 4.97. The zero-order chi connectivity index (χ0) is 16.2. The third kappa shape index (κ3) is 4.17. The molecule has 0 aliphatic heterocycles. The van der Waals surface area contributed by atoms with E-state index in [2.05, 4.69) is 10.3 Å². The average molecular weight is 321 g/mol. The first-order valence-electron chi connectivity index (χ1n) is 6.92. The van der Waals surface area contributed by atoms with E-state index in [1.807, 2.05) is 10.8 Å². The van der Waals surface area contributed by atoms with Gasteiger partial charge in [-0.3, -0.25) is 4.79 Å². The predicted octanol–water partition coefficient (Wildman–Crippen LogP) is 1.99. The van der Waals surface area contributed by atoms with E-state index in [1.165, 1.54) is 19.1 Å². The number of imidazole rings is 1. The fourth-order valence-electron chi connectivity index (χ4n) is 2.11. The molecule has 0 aliphatic rings. The summed E-state index contributed by atoms with van der Waals surface area (Å²) in [4.78, 5) is 15.6. The van der Waals surface area contributed by atoms with E-state index in [-0.39, 0.29) is 10.7 Å². The van der Waals surface area contributed by atoms with Crippen LogP contribution in [0.2, 0.25) is 0 Å². The highest BCUT2D eigenvalue weighted by Gasteiger charge is 2.14. The molecule has 6 nitrogen and oxygen atoms in total. The van der Waals surface area contributed by atoms with Crippen LogP contribution in [0, 0.1) is 0 Å². The summed E-state index contributed by atoms with van der Waals surface area (Å²) >= 11 is 0. The number of carbonyl (C=O) groups is 1. The summed E-state index contributed by atoms with van der Waals surface area (Å²) in [6, 6.07) is 4.61. The van der Waals surface area contributed by atoms with Crippen molar-refractivity contribution in [3.8, 4) is 0 Å². The summed E-state index contributed by atoms with van der Waals surface area (Å²) in [6.45, 7) is 2.84. The Hall–Kier alpha value is -2.15. The van der Waals surface area contributed by atoms with E-state index in [1.54, 1.807) is 18.6 Å². The van der Waals surface area contributed by atoms with Gasteiger partial charge in [0.05, 0.1) is 16.9 Å². The number of aromatic nitrogens is 2. The van der Waals surface area contributed by atoms with E-state index >= 15 is 0 Å². The molecule has 0 aliphatic carbocycles. The largest absolute Gasteiger partial charge is 0.384 e. The lowest BCUT2D eigenvalue weighted by molar-refractivity contribution is 0.101. The summed E-state index contributed by atoms with van der Waals surface area (Å²) in [5, 5.41) is 3.11. The zero-order valence-electron chi connectivity index (χ0n) is 12.6. The number of rotatable bonds is 7. The number of nitrogens with one attached hydrogen (secondary N) is 1. The Bertz CT molecular complexity index is 752. The molecule has 118 valence electrons. The van der Waals surface area contributed by atoms with E-state index in [0.717, 1.165) is 19.2 Å². The van der Waals surface area contributed by atoms with Crippen molar-refractivity contribution < 1.29 is 13.2 Å². The lowest BCUT2D eigenvalue weighted by Gasteiger charge is -2.12. The molecule has 0 fully saturated rings. The lowest BCUT2D eigenvalue weighted by Crippen LogP contribution is -2.10. The summed E-state index contributed by atoms with van der Waals surface area (Å²) < 4.78 is 25.6. The van der Waals surface area contributed by atoms with Crippen molar-refractivity contribution in [2.45, 2.75) is 24.8 Å². The Morgan fingerprint density at radius 2 is 2.14 bits per heavy atom. The fraction of sp³-hybridized carbons (Fsp3) is 0.333. The Morgan fingerprint density at radius 3 is 2.73 bits per heavy atom. The SMILES string of the molecule is CC(=O)c1ccc(S(C)(=O)=O)c(NCCCn2ccnc2)c1. The van der Waals surface area contributed by atoms with Gasteiger partial charge in [-0.15, -0.1) is 0 Å². The molecule has 1 N–H and O–H groups in total. The van der Waals surface area contributed by atoms with Gasteiger partial charge in [0.2, 0.25) is 0 Å². The van der Waals surface area contributed by atoms with E-state index in [0.29, 0.717) is 17.8 Å². The fourth-order valence-corrected chi connectivity index (χ4v) is 2.96. The van der Waals surface area contributed by atoms with Crippen LogP contribution < -0.4 is 5.32 Å². The monoisotopic (exact) mass is 321 g/mol. The minimum atomic E-state index is -3.35. The third-order valence-electron chi connectivity index (χ3n) is 3.25. The van der Waals surface area contributed by atoms with Gasteiger partial charge in [-0.05, 0) is 31.5 Å². The van der Waals surface area contributed by atoms with E-state index in [4.69, 9.17) is 0 Å². The molecule has 0 amide bonds. The van der Waals surface area contributed by atoms with Crippen molar-refractivity contribution in [2.75, 3.05) is 18.1 Å². The van der Waals surface area contributed by atoms with Crippen LogP contribution in [0.3, 0.4) is 0 Å². The highest BCUT2D eigenvalue weighted by Crippen LogP contribution is 2.23. The summed E-state index contributed by atoms with van der Waals surface area (Å²) in [6.07, 6.45) is 7.29. The number of aryl methyl sites for hydroxylation is 1. The Balaban J connectivity index is 2.09. The molecule has 1 aromatic heterocycles. The molecule has 0 saturated carbocycles. The number of carbonyl (C=O) groups excluding carboxylic acids is 1. The molecular weight excluding hydrogens is 302 g/mol. The van der Waals surface area contributed by atoms with Crippen molar-refractivity contribution in [3.05, 3.63) is 42.5 Å². The molecule has 0 spiro atoms. The van der Waals surface area contributed by atoms with Gasteiger partial charge in [0.15, 0.2) is 15.6 Å². The van der Waals surface area contributed by atoms with Gasteiger partial charge < -0.3 is 9.88 Å². The maximum atomic E-state index is 11.8. The highest BCUT2D eigenvalue weighted by atomic mass is 32.2. The Labute approximate surface area is 130 Å². The molecule has 0 saturated heterocycles. The molecule has 2 rings (SSSR count). The maximum absolute atomic E-state index is 11.8. The maximum Gasteiger partial charge on any atom is 0.177 e. The number of hydrogen-bond acceptors (Lipinski definition) is 5. The van der Waals surface area contributed by atoms with Crippen LogP contribution in [0.5, 0.6) is 0 Å². The van der Waals surface area contributed by atoms with Crippen LogP contribution in [-0.4, -0.2) is 36.6 Å². The molecule has 0 radical (unpaired) electrons. The second kappa shape index (κ2) is 6.74. The molecule has 22 heavy (non-hydrogen) atoms. The first-order chi connectivity index (χ1) is 10.4. The van der Waals surface area contributed by atoms with Crippen molar-refractivity contribution in [1.82, 2.24) is 9.55 Å². The number of hydrogen-bond donors (Lipinski definition) is 1. The minimum Gasteiger partial charge on any atom is -0.384 e. The smallest absolute Gasteiger partial charge is 0.177 e. The first-order valence-corrected chi connectivity index (χ1v) is 8.82. The first kappa shape index (κ1) is 16.2. The molecule has 0 atom stereocenters. The summed E-state index contributed by atoms with van der Waals surface area (Å²) in [5.74, 6) is -0.0958. The van der Waals surface area contributed by atoms with Gasteiger partial charge in [-0.25, -0.2) is 13.4 Å². The normalized spacial score (nSPS) is 11.4. The van der Waals surface area contributed by atoms with Crippen LogP contribution in [0.1, 0.15) is 23.7 Å². The van der Waals surface area contributed by atoms with Crippen LogP contribution >= 0.6 is 0 Å². The number of benzene rings is 1. The molecule has 0 unspecified atom stereocenters. The minimum absolute atomic E-state index is 0.0958. The molecule has 7 heteroatoms. The molecule has 1 aromatic carbocycles. The Morgan fingerprint density at radius 1 is 1.36 bits per heavy atom. The van der Waals surface area contributed by atoms with E-state index < -0.39 is 9.84 Å². The number of nitrogens with zero attached hydrogens (tertiary/aromatic N) is 2. The van der Waals surface area contributed by atoms with Crippen molar-refractivity contribution in [1.29, 1.82) is 0 Å². The van der Waals surface area contributed by atoms with Gasteiger partial charge in [-0.2, -0.15) is 0 Å². The standard InChI is InChI=1S/C15H19N3O3S/c1-12(19)13-4-5-15(22(2,20)21)14(10-13)17-6-3-8-18-9-7-16-11-18/h4-5,7,9-11,17H,3,6,8H2,1-2H3. The van der Waals surface area contributed by atoms with Crippen LogP contribution in [-0.2, 0) is 16.4 Å². The second-order valence-electron chi connectivity index (χ2n) is 5.12. The van der Waals surface area contributed by atoms with Gasteiger partial charge >= 0.3 is 0 Å². The van der Waals surface area contributed by atoms with Crippen LogP contribution in [0.15, 0.2) is 41.8 Å². The number of sulfone groups is 1. The van der Waals surface area contributed by atoms with Crippen molar-refractivity contribution >= 4 is 21.3 Å². The summed E-state index contributed by atoms with van der Waals surface area (Å²) in [5.41, 5.74) is 0.963. The lowest BCUT2D eigenvalue weighted by atomic mass is 10.1. The van der Waals surface area contributed by atoms with Gasteiger partial charge in [0, 0.05) is 37.3 Å². The van der Waals surface area contributed by atoms with Gasteiger partial charge in [-0.1, -0.05) is 0 Å². The number of anilines is 1. The molecule has 2 aromatic rings. The van der Waals surface area contributed by atoms with Crippen LogP contribution in [0.25, 0.3) is 0 Å². The van der Waals surface area contributed by atoms with Gasteiger partial charge in [0.25, 0.3) is 0 Å². The molecule has 0 bridgehead atoms. The number of ketones is 1. The predicted molar refractivity (Wildman–Crippen MR) is 84.9 cm³/mol. The second-order valence-corrected chi connectivity index (χ2v) is 7.10. The third-order valence-corrected chi connectivity index (χ3v) is 4.41. The van der Waals surface area contributed by atoms with Crippen LogP contribution in [0.4, 0.5) is 5.69 Å². The van der Waals surface area contributed by atoms with Gasteiger partial charge in [0.1, 0.15) is 0 Å². The topological polar surface area (TPSA) is 81.1 Å². The summed E-state index contributed by atoms with van der Waals surface area (Å²) in [7, 11) is -3.35. The van der Waals surface area contributed by atoms with Crippen molar-refractivity contribution in [3.63, 3.8) is 0 Å². The quantitative estimate of drug-likeness (QED) is 0.623. The average Bonchev–Trinajstić information content (AvgIpc) is 2.95. The van der Waals surface area contributed by atoms with E-state index in [9.17, 15) is 13.2 Å². The molecule has 1 heterocycles. The highest BCUT2D eigenvalue weighted by molar-refractivity contribution is 7.90. The molecular formula is C15H19N3O3S. The number of Topliss-reactive ketones (excluding diaryl/α,β-unsaturated/α-hetero) is 1. The van der Waals surface area contributed by atoms with Crippen molar-refractivity contribution in [2.24, 2.45) is 0 Å².